The van der Waals surface area contributed by atoms with Crippen molar-refractivity contribution >= 4 is 5.69 Å². The number of hydroxylamine groups is 2. The van der Waals surface area contributed by atoms with Gasteiger partial charge in [0.25, 0.3) is 0 Å². The van der Waals surface area contributed by atoms with Crippen molar-refractivity contribution in [1.29, 1.82) is 0 Å². The summed E-state index contributed by atoms with van der Waals surface area (Å²) in [5.74, 6) is 0. The highest BCUT2D eigenvalue weighted by atomic mass is 16.7. The highest BCUT2D eigenvalue weighted by Crippen LogP contribution is 2.07. The monoisotopic (exact) mass is 180 g/mol. The number of nitrogens with two attached hydrogens (primary N) is 1. The SMILES string of the molecule is CON(C)CCc1cccc(N)c1. The van der Waals surface area contributed by atoms with E-state index in [-0.39, 0.29) is 0 Å². The maximum Gasteiger partial charge on any atom is 0.0575 e. The van der Waals surface area contributed by atoms with Crippen molar-refractivity contribution in [2.24, 2.45) is 0 Å². The Morgan fingerprint density at radius 1 is 1.46 bits per heavy atom. The zero-order chi connectivity index (χ0) is 9.68. The van der Waals surface area contributed by atoms with E-state index in [9.17, 15) is 0 Å². The molecule has 3 heteroatoms. The molecule has 0 aliphatic rings. The molecule has 0 amide bonds. The van der Waals surface area contributed by atoms with Crippen molar-refractivity contribution in [3.63, 3.8) is 0 Å². The Kier molecular flexibility index (Phi) is 3.73. The molecule has 13 heavy (non-hydrogen) atoms. The summed E-state index contributed by atoms with van der Waals surface area (Å²) in [6.07, 6.45) is 0.954. The summed E-state index contributed by atoms with van der Waals surface area (Å²) in [6, 6.07) is 7.92. The Labute approximate surface area is 79.1 Å². The minimum atomic E-state index is 0.817. The van der Waals surface area contributed by atoms with E-state index in [1.807, 2.05) is 25.2 Å². The van der Waals surface area contributed by atoms with Crippen molar-refractivity contribution in [3.05, 3.63) is 29.8 Å². The lowest BCUT2D eigenvalue weighted by Crippen LogP contribution is -2.19. The van der Waals surface area contributed by atoms with Gasteiger partial charge in [0.05, 0.1) is 7.11 Å². The van der Waals surface area contributed by atoms with Gasteiger partial charge in [-0.25, -0.2) is 0 Å². The van der Waals surface area contributed by atoms with Gasteiger partial charge >= 0.3 is 0 Å². The molecule has 0 aliphatic heterocycles. The number of nitrogen functional groups attached to an aromatic ring is 1. The van der Waals surface area contributed by atoms with Crippen LogP contribution in [0.1, 0.15) is 5.56 Å². The first-order chi connectivity index (χ1) is 6.22. The molecule has 0 aromatic heterocycles. The molecular weight excluding hydrogens is 164 g/mol. The first-order valence-electron chi connectivity index (χ1n) is 4.32. The fourth-order valence-electron chi connectivity index (χ4n) is 1.13. The Balaban J connectivity index is 2.45. The summed E-state index contributed by atoms with van der Waals surface area (Å²) >= 11 is 0. The van der Waals surface area contributed by atoms with Crippen LogP contribution in [0.25, 0.3) is 0 Å². The Morgan fingerprint density at radius 3 is 2.85 bits per heavy atom. The molecule has 1 aromatic carbocycles. The highest BCUT2D eigenvalue weighted by molar-refractivity contribution is 5.40. The first-order valence-corrected chi connectivity index (χ1v) is 4.32. The van der Waals surface area contributed by atoms with Crippen LogP contribution in [0.4, 0.5) is 5.69 Å². The molecular formula is C10H16N2O. The molecule has 2 N–H and O–H groups in total. The topological polar surface area (TPSA) is 38.5 Å². The van der Waals surface area contributed by atoms with Crippen LogP contribution in [0.15, 0.2) is 24.3 Å². The number of hydrogen-bond donors (Lipinski definition) is 1. The lowest BCUT2D eigenvalue weighted by molar-refractivity contribution is -0.107. The van der Waals surface area contributed by atoms with Gasteiger partial charge in [0, 0.05) is 19.3 Å². The zero-order valence-electron chi connectivity index (χ0n) is 8.16. The number of nitrogens with zero attached hydrogens (tertiary/aromatic N) is 1. The summed E-state index contributed by atoms with van der Waals surface area (Å²) in [5.41, 5.74) is 7.71. The highest BCUT2D eigenvalue weighted by Gasteiger charge is 1.97. The van der Waals surface area contributed by atoms with Crippen molar-refractivity contribution in [3.8, 4) is 0 Å². The van der Waals surface area contributed by atoms with E-state index in [2.05, 4.69) is 6.07 Å². The second kappa shape index (κ2) is 4.84. The third-order valence-corrected chi connectivity index (χ3v) is 1.98. The molecule has 0 bridgehead atoms. The van der Waals surface area contributed by atoms with Gasteiger partial charge in [0.1, 0.15) is 0 Å². The molecule has 0 radical (unpaired) electrons. The average Bonchev–Trinajstić information content (AvgIpc) is 2.14. The second-order valence-corrected chi connectivity index (χ2v) is 3.03. The van der Waals surface area contributed by atoms with E-state index >= 15 is 0 Å². The largest absolute Gasteiger partial charge is 0.399 e. The summed E-state index contributed by atoms with van der Waals surface area (Å²) < 4.78 is 0. The number of rotatable bonds is 4. The van der Waals surface area contributed by atoms with Gasteiger partial charge in [-0.2, -0.15) is 5.06 Å². The quantitative estimate of drug-likeness (QED) is 0.560. The Bertz CT molecular complexity index is 263. The van der Waals surface area contributed by atoms with Crippen molar-refractivity contribution in [2.45, 2.75) is 6.42 Å². The third-order valence-electron chi connectivity index (χ3n) is 1.98. The van der Waals surface area contributed by atoms with Crippen LogP contribution in [0.2, 0.25) is 0 Å². The standard InChI is InChI=1S/C10H16N2O/c1-12(13-2)7-6-9-4-3-5-10(11)8-9/h3-5,8H,6-7,11H2,1-2H3. The van der Waals surface area contributed by atoms with E-state index in [1.165, 1.54) is 5.56 Å². The van der Waals surface area contributed by atoms with E-state index in [0.29, 0.717) is 0 Å². The molecule has 0 aliphatic carbocycles. The van der Waals surface area contributed by atoms with Gasteiger partial charge < -0.3 is 10.6 Å². The first kappa shape index (κ1) is 10.0. The number of likely N-dealkylation sites (N-methyl/N-ethyl adjacent to an activating group) is 1. The van der Waals surface area contributed by atoms with Gasteiger partial charge in [-0.05, 0) is 24.1 Å². The molecule has 0 spiro atoms. The van der Waals surface area contributed by atoms with Crippen molar-refractivity contribution in [1.82, 2.24) is 5.06 Å². The minimum absolute atomic E-state index is 0.817. The van der Waals surface area contributed by atoms with E-state index in [1.54, 1.807) is 12.2 Å². The smallest absolute Gasteiger partial charge is 0.0575 e. The second-order valence-electron chi connectivity index (χ2n) is 3.03. The maximum atomic E-state index is 5.65. The van der Waals surface area contributed by atoms with Gasteiger partial charge in [-0.3, -0.25) is 0 Å². The van der Waals surface area contributed by atoms with Crippen LogP contribution in [-0.4, -0.2) is 25.8 Å². The van der Waals surface area contributed by atoms with Crippen LogP contribution < -0.4 is 5.73 Å². The number of benzene rings is 1. The molecule has 1 aromatic rings. The lowest BCUT2D eigenvalue weighted by Gasteiger charge is -2.12. The van der Waals surface area contributed by atoms with E-state index in [4.69, 9.17) is 10.6 Å². The molecule has 0 heterocycles. The molecule has 0 fully saturated rings. The third kappa shape index (κ3) is 3.44. The Hall–Kier alpha value is -1.06. The molecule has 0 atom stereocenters. The van der Waals surface area contributed by atoms with Gasteiger partial charge in [-0.15, -0.1) is 0 Å². The molecule has 3 nitrogen and oxygen atoms in total. The van der Waals surface area contributed by atoms with Gasteiger partial charge in [0.15, 0.2) is 0 Å². The number of anilines is 1. The minimum Gasteiger partial charge on any atom is -0.399 e. The lowest BCUT2D eigenvalue weighted by atomic mass is 10.1. The van der Waals surface area contributed by atoms with Crippen LogP contribution in [0.5, 0.6) is 0 Å². The summed E-state index contributed by atoms with van der Waals surface area (Å²) in [6.45, 7) is 0.875. The average molecular weight is 180 g/mol. The molecule has 1 rings (SSSR count). The van der Waals surface area contributed by atoms with E-state index in [0.717, 1.165) is 18.7 Å². The van der Waals surface area contributed by atoms with Gasteiger partial charge in [0.2, 0.25) is 0 Å². The van der Waals surface area contributed by atoms with Crippen molar-refractivity contribution in [2.75, 3.05) is 26.4 Å². The normalized spacial score (nSPS) is 10.7. The van der Waals surface area contributed by atoms with Gasteiger partial charge in [-0.1, -0.05) is 12.1 Å². The summed E-state index contributed by atoms with van der Waals surface area (Å²) in [7, 11) is 3.58. The van der Waals surface area contributed by atoms with Crippen LogP contribution in [0.3, 0.4) is 0 Å². The number of hydrogen-bond acceptors (Lipinski definition) is 3. The van der Waals surface area contributed by atoms with E-state index < -0.39 is 0 Å². The maximum absolute atomic E-state index is 5.65. The van der Waals surface area contributed by atoms with Crippen LogP contribution in [0, 0.1) is 0 Å². The molecule has 0 saturated carbocycles. The summed E-state index contributed by atoms with van der Waals surface area (Å²) in [5, 5.41) is 1.79. The zero-order valence-corrected chi connectivity index (χ0v) is 8.16. The molecule has 0 unspecified atom stereocenters. The van der Waals surface area contributed by atoms with Crippen LogP contribution in [-0.2, 0) is 11.3 Å². The predicted octanol–water partition coefficient (Wildman–Crippen LogP) is 1.30. The molecule has 0 saturated heterocycles. The van der Waals surface area contributed by atoms with Crippen molar-refractivity contribution < 1.29 is 4.84 Å². The predicted molar refractivity (Wildman–Crippen MR) is 54.2 cm³/mol. The Morgan fingerprint density at radius 2 is 2.23 bits per heavy atom. The summed E-state index contributed by atoms with van der Waals surface area (Å²) in [4.78, 5) is 5.00. The fraction of sp³-hybridized carbons (Fsp3) is 0.400. The molecule has 72 valence electrons. The van der Waals surface area contributed by atoms with Crippen LogP contribution >= 0.6 is 0 Å². The fourth-order valence-corrected chi connectivity index (χ4v) is 1.13.